The van der Waals surface area contributed by atoms with Crippen molar-refractivity contribution in [2.45, 2.75) is 19.4 Å². The van der Waals surface area contributed by atoms with E-state index in [9.17, 15) is 14.4 Å². The van der Waals surface area contributed by atoms with E-state index in [4.69, 9.17) is 5.11 Å². The van der Waals surface area contributed by atoms with Crippen molar-refractivity contribution in [1.82, 2.24) is 5.32 Å². The van der Waals surface area contributed by atoms with Gasteiger partial charge in [0, 0.05) is 17.5 Å². The Morgan fingerprint density at radius 3 is 2.57 bits per heavy atom. The van der Waals surface area contributed by atoms with Gasteiger partial charge in [-0.05, 0) is 0 Å². The summed E-state index contributed by atoms with van der Waals surface area (Å²) in [5, 5.41) is 11.4. The lowest BCUT2D eigenvalue weighted by molar-refractivity contribution is -0.120. The zero-order valence-electron chi connectivity index (χ0n) is 11.6. The predicted octanol–water partition coefficient (Wildman–Crippen LogP) is 0.394. The normalized spacial score (nSPS) is 19.5. The van der Waals surface area contributed by atoms with Gasteiger partial charge in [0.25, 0.3) is 0 Å². The Labute approximate surface area is 121 Å². The van der Waals surface area contributed by atoms with Crippen molar-refractivity contribution < 1.29 is 19.5 Å². The first-order valence-electron chi connectivity index (χ1n) is 6.72. The van der Waals surface area contributed by atoms with Crippen LogP contribution in [0.15, 0.2) is 29.3 Å². The molecule has 2 rings (SSSR count). The topological polar surface area (TPSA) is 95.8 Å². The summed E-state index contributed by atoms with van der Waals surface area (Å²) in [6.45, 7) is 1.43. The van der Waals surface area contributed by atoms with Crippen molar-refractivity contribution in [3.05, 3.63) is 35.4 Å². The van der Waals surface area contributed by atoms with Crippen molar-refractivity contribution in [2.75, 3.05) is 13.2 Å². The van der Waals surface area contributed by atoms with Crippen LogP contribution in [-0.2, 0) is 4.79 Å². The van der Waals surface area contributed by atoms with Gasteiger partial charge in [-0.15, -0.1) is 0 Å². The summed E-state index contributed by atoms with van der Waals surface area (Å²) in [7, 11) is 0. The Balaban J connectivity index is 2.48. The highest BCUT2D eigenvalue weighted by molar-refractivity contribution is 6.55. The number of carbonyl (C=O) groups is 3. The SMILES string of the molecule is CCC(=O)NC1C(=O)c2ccccc2C(=O)C1=NCCO. The molecule has 0 saturated heterocycles. The molecule has 1 unspecified atom stereocenters. The summed E-state index contributed by atoms with van der Waals surface area (Å²) in [6, 6.07) is 5.37. The number of hydrogen-bond donors (Lipinski definition) is 2. The maximum atomic E-state index is 12.5. The Bertz CT molecular complexity index is 622. The van der Waals surface area contributed by atoms with Gasteiger partial charge in [0.15, 0.2) is 5.78 Å². The molecule has 1 aromatic rings. The second-order valence-electron chi connectivity index (χ2n) is 4.58. The quantitative estimate of drug-likeness (QED) is 0.838. The van der Waals surface area contributed by atoms with E-state index in [0.717, 1.165) is 0 Å². The molecule has 2 N–H and O–H groups in total. The van der Waals surface area contributed by atoms with Crippen LogP contribution in [0.3, 0.4) is 0 Å². The molecule has 6 heteroatoms. The van der Waals surface area contributed by atoms with Gasteiger partial charge in [-0.2, -0.15) is 0 Å². The van der Waals surface area contributed by atoms with Crippen molar-refractivity contribution in [2.24, 2.45) is 4.99 Å². The van der Waals surface area contributed by atoms with E-state index in [-0.39, 0.29) is 53.9 Å². The van der Waals surface area contributed by atoms with E-state index < -0.39 is 6.04 Å². The fourth-order valence-electron chi connectivity index (χ4n) is 2.18. The van der Waals surface area contributed by atoms with Crippen molar-refractivity contribution in [1.29, 1.82) is 0 Å². The largest absolute Gasteiger partial charge is 0.394 e. The van der Waals surface area contributed by atoms with Crippen LogP contribution in [0.5, 0.6) is 0 Å². The summed E-state index contributed by atoms with van der Waals surface area (Å²) in [5.74, 6) is -1.08. The second-order valence-corrected chi connectivity index (χ2v) is 4.58. The van der Waals surface area contributed by atoms with Gasteiger partial charge in [-0.1, -0.05) is 31.2 Å². The van der Waals surface area contributed by atoms with Gasteiger partial charge >= 0.3 is 0 Å². The minimum atomic E-state index is -1.08. The number of hydrogen-bond acceptors (Lipinski definition) is 5. The highest BCUT2D eigenvalue weighted by Crippen LogP contribution is 2.20. The molecule has 0 bridgehead atoms. The van der Waals surface area contributed by atoms with E-state index in [1.165, 1.54) is 0 Å². The summed E-state index contributed by atoms with van der Waals surface area (Å²) in [6.07, 6.45) is 0.201. The number of Topliss-reactive ketones (excluding diaryl/α,β-unsaturated/α-hetero) is 2. The van der Waals surface area contributed by atoms with E-state index >= 15 is 0 Å². The number of rotatable bonds is 4. The fourth-order valence-corrected chi connectivity index (χ4v) is 2.18. The first-order valence-corrected chi connectivity index (χ1v) is 6.72. The van der Waals surface area contributed by atoms with E-state index in [1.54, 1.807) is 31.2 Å². The van der Waals surface area contributed by atoms with Crippen LogP contribution in [0.4, 0.5) is 0 Å². The molecule has 0 aromatic heterocycles. The highest BCUT2D eigenvalue weighted by atomic mass is 16.3. The Hall–Kier alpha value is -2.34. The molecule has 0 heterocycles. The molecule has 0 radical (unpaired) electrons. The van der Waals surface area contributed by atoms with Crippen LogP contribution in [0.25, 0.3) is 0 Å². The lowest BCUT2D eigenvalue weighted by Gasteiger charge is -2.25. The minimum absolute atomic E-state index is 0.00894. The number of fused-ring (bicyclic) bond motifs is 1. The number of aliphatic hydroxyl groups is 1. The molecule has 0 saturated carbocycles. The van der Waals surface area contributed by atoms with Gasteiger partial charge in [-0.25, -0.2) is 0 Å². The molecular weight excluding hydrogens is 272 g/mol. The van der Waals surface area contributed by atoms with E-state index in [2.05, 4.69) is 10.3 Å². The molecule has 1 aliphatic carbocycles. The van der Waals surface area contributed by atoms with Gasteiger partial charge in [0.05, 0.1) is 13.2 Å². The van der Waals surface area contributed by atoms with Crippen LogP contribution in [-0.4, -0.2) is 47.5 Å². The molecule has 0 spiro atoms. The van der Waals surface area contributed by atoms with Crippen molar-refractivity contribution in [3.63, 3.8) is 0 Å². The lowest BCUT2D eigenvalue weighted by Crippen LogP contribution is -2.52. The Kier molecular flexibility index (Phi) is 4.59. The molecule has 1 aliphatic rings. The van der Waals surface area contributed by atoms with Crippen molar-refractivity contribution in [3.8, 4) is 0 Å². The third kappa shape index (κ3) is 2.90. The van der Waals surface area contributed by atoms with Crippen LogP contribution in [0.2, 0.25) is 0 Å². The summed E-state index contributed by atoms with van der Waals surface area (Å²) >= 11 is 0. The van der Waals surface area contributed by atoms with Crippen molar-refractivity contribution >= 4 is 23.2 Å². The third-order valence-electron chi connectivity index (χ3n) is 3.21. The number of benzene rings is 1. The monoisotopic (exact) mass is 288 g/mol. The van der Waals surface area contributed by atoms with Gasteiger partial charge in [-0.3, -0.25) is 19.4 Å². The Morgan fingerprint density at radius 1 is 1.29 bits per heavy atom. The molecule has 1 amide bonds. The third-order valence-corrected chi connectivity index (χ3v) is 3.21. The second kappa shape index (κ2) is 6.41. The predicted molar refractivity (Wildman–Crippen MR) is 76.7 cm³/mol. The summed E-state index contributed by atoms with van der Waals surface area (Å²) < 4.78 is 0. The van der Waals surface area contributed by atoms with Gasteiger partial charge < -0.3 is 10.4 Å². The first kappa shape index (κ1) is 15.1. The van der Waals surface area contributed by atoms with E-state index in [0.29, 0.717) is 0 Å². The average molecular weight is 288 g/mol. The zero-order valence-corrected chi connectivity index (χ0v) is 11.6. The molecule has 110 valence electrons. The smallest absolute Gasteiger partial charge is 0.220 e. The van der Waals surface area contributed by atoms with Gasteiger partial charge in [0.1, 0.15) is 11.8 Å². The molecule has 1 aromatic carbocycles. The number of aliphatic hydroxyl groups excluding tert-OH is 1. The molecule has 0 aliphatic heterocycles. The van der Waals surface area contributed by atoms with Crippen LogP contribution >= 0.6 is 0 Å². The maximum absolute atomic E-state index is 12.5. The fraction of sp³-hybridized carbons (Fsp3) is 0.333. The van der Waals surface area contributed by atoms with Crippen LogP contribution in [0.1, 0.15) is 34.1 Å². The average Bonchev–Trinajstić information content (AvgIpc) is 2.51. The number of nitrogens with one attached hydrogen (secondary N) is 1. The number of aliphatic imine (C=N–C) groups is 1. The Morgan fingerprint density at radius 2 is 1.95 bits per heavy atom. The number of amides is 1. The lowest BCUT2D eigenvalue weighted by atomic mass is 9.84. The highest BCUT2D eigenvalue weighted by Gasteiger charge is 2.38. The standard InChI is InChI=1S/C15H16N2O4/c1-2-11(19)17-13-12(16-7-8-18)14(20)9-5-3-4-6-10(9)15(13)21/h3-6,13,18H,2,7-8H2,1H3,(H,17,19). The van der Waals surface area contributed by atoms with Gasteiger partial charge in [0.2, 0.25) is 11.7 Å². The number of ketones is 2. The molecule has 6 nitrogen and oxygen atoms in total. The number of carbonyl (C=O) groups excluding carboxylic acids is 3. The molecule has 1 atom stereocenters. The molecule has 0 fully saturated rings. The molecular formula is C15H16N2O4. The molecule has 21 heavy (non-hydrogen) atoms. The zero-order chi connectivity index (χ0) is 15.4. The number of nitrogens with zero attached hydrogens (tertiary/aromatic N) is 1. The van der Waals surface area contributed by atoms with Crippen LogP contribution in [0, 0.1) is 0 Å². The maximum Gasteiger partial charge on any atom is 0.220 e. The first-order chi connectivity index (χ1) is 10.1. The summed E-state index contributed by atoms with van der Waals surface area (Å²) in [5.41, 5.74) is 0.544. The van der Waals surface area contributed by atoms with E-state index in [1.807, 2.05) is 0 Å². The minimum Gasteiger partial charge on any atom is -0.394 e. The van der Waals surface area contributed by atoms with Crippen LogP contribution < -0.4 is 5.32 Å². The summed E-state index contributed by atoms with van der Waals surface area (Å²) in [4.78, 5) is 40.5.